The molecule has 0 aliphatic heterocycles. The maximum atomic E-state index is 12.7. The number of esters is 1. The van der Waals surface area contributed by atoms with Crippen LogP contribution in [0.5, 0.6) is 0 Å². The molecule has 0 radical (unpaired) electrons. The third-order valence-corrected chi connectivity index (χ3v) is 7.00. The number of hydrogen-bond acceptors (Lipinski definition) is 7. The highest BCUT2D eigenvalue weighted by atomic mass is 32.1. The summed E-state index contributed by atoms with van der Waals surface area (Å²) in [7, 11) is 0. The summed E-state index contributed by atoms with van der Waals surface area (Å²) in [5, 5.41) is 5.63. The van der Waals surface area contributed by atoms with E-state index in [-0.39, 0.29) is 24.6 Å². The average Bonchev–Trinajstić information content (AvgIpc) is 3.28. The van der Waals surface area contributed by atoms with Crippen LogP contribution < -0.4 is 10.9 Å². The lowest BCUT2D eigenvalue weighted by Gasteiger charge is -2.18. The first-order valence-corrected chi connectivity index (χ1v) is 11.2. The first-order valence-electron chi connectivity index (χ1n) is 9.52. The summed E-state index contributed by atoms with van der Waals surface area (Å²) in [6.45, 7) is 4.05. The topological polar surface area (TPSA) is 90.3 Å². The summed E-state index contributed by atoms with van der Waals surface area (Å²) in [6, 6.07) is 1.71. The average molecular weight is 432 g/mol. The van der Waals surface area contributed by atoms with E-state index in [1.807, 2.05) is 0 Å². The van der Waals surface area contributed by atoms with Gasteiger partial charge in [0.2, 0.25) is 5.91 Å². The van der Waals surface area contributed by atoms with E-state index in [2.05, 4.69) is 17.2 Å². The van der Waals surface area contributed by atoms with Gasteiger partial charge in [0.1, 0.15) is 16.4 Å². The van der Waals surface area contributed by atoms with Gasteiger partial charge < -0.3 is 10.1 Å². The molecule has 1 amide bonds. The molecule has 3 heterocycles. The summed E-state index contributed by atoms with van der Waals surface area (Å²) >= 11 is 2.81. The van der Waals surface area contributed by atoms with Crippen LogP contribution in [-0.4, -0.2) is 28.0 Å². The Bertz CT molecular complexity index is 1140. The van der Waals surface area contributed by atoms with Crippen LogP contribution in [0.3, 0.4) is 0 Å². The fourth-order valence-corrected chi connectivity index (χ4v) is 5.72. The second-order valence-corrected chi connectivity index (χ2v) is 9.14. The van der Waals surface area contributed by atoms with Crippen LogP contribution in [-0.2, 0) is 28.9 Å². The Balaban J connectivity index is 1.61. The van der Waals surface area contributed by atoms with Crippen molar-refractivity contribution >= 4 is 49.8 Å². The Hall–Kier alpha value is -2.52. The van der Waals surface area contributed by atoms with Crippen molar-refractivity contribution in [2.75, 3.05) is 11.9 Å². The highest BCUT2D eigenvalue weighted by Gasteiger charge is 2.29. The van der Waals surface area contributed by atoms with Crippen molar-refractivity contribution in [3.05, 3.63) is 44.1 Å². The summed E-state index contributed by atoms with van der Waals surface area (Å²) in [5.74, 6) is -0.240. The van der Waals surface area contributed by atoms with Crippen LogP contribution in [0.2, 0.25) is 0 Å². The number of hydrogen-bond donors (Lipinski definition) is 1. The predicted molar refractivity (Wildman–Crippen MR) is 114 cm³/mol. The molecule has 1 aliphatic carbocycles. The molecule has 0 saturated carbocycles. The quantitative estimate of drug-likeness (QED) is 0.625. The van der Waals surface area contributed by atoms with E-state index < -0.39 is 5.97 Å². The van der Waals surface area contributed by atoms with Crippen molar-refractivity contribution in [1.82, 2.24) is 9.55 Å². The summed E-state index contributed by atoms with van der Waals surface area (Å²) in [6.07, 6.45) is 4.08. The number of nitrogens with zero attached hydrogens (tertiary/aromatic N) is 2. The van der Waals surface area contributed by atoms with Gasteiger partial charge in [0.25, 0.3) is 5.56 Å². The Morgan fingerprint density at radius 2 is 2.24 bits per heavy atom. The van der Waals surface area contributed by atoms with E-state index in [0.717, 1.165) is 29.7 Å². The van der Waals surface area contributed by atoms with Gasteiger partial charge in [0.15, 0.2) is 0 Å². The molecule has 9 heteroatoms. The normalized spacial score (nSPS) is 15.9. The summed E-state index contributed by atoms with van der Waals surface area (Å²) in [5.41, 5.74) is 1.20. The van der Waals surface area contributed by atoms with Gasteiger partial charge in [0, 0.05) is 4.88 Å². The van der Waals surface area contributed by atoms with Crippen LogP contribution in [0, 0.1) is 5.92 Å². The highest BCUT2D eigenvalue weighted by Crippen LogP contribution is 2.40. The minimum absolute atomic E-state index is 0.168. The van der Waals surface area contributed by atoms with Gasteiger partial charge in [-0.05, 0) is 49.1 Å². The molecule has 152 valence electrons. The number of carbonyl (C=O) groups is 2. The molecule has 4 rings (SSSR count). The van der Waals surface area contributed by atoms with E-state index in [1.165, 1.54) is 33.6 Å². The maximum Gasteiger partial charge on any atom is 0.341 e. The van der Waals surface area contributed by atoms with Crippen molar-refractivity contribution in [2.24, 2.45) is 5.92 Å². The van der Waals surface area contributed by atoms with Crippen molar-refractivity contribution < 1.29 is 14.3 Å². The van der Waals surface area contributed by atoms with Gasteiger partial charge in [-0.3, -0.25) is 14.2 Å². The lowest BCUT2D eigenvalue weighted by molar-refractivity contribution is -0.116. The zero-order chi connectivity index (χ0) is 20.5. The van der Waals surface area contributed by atoms with Crippen molar-refractivity contribution in [3.8, 4) is 0 Å². The molecule has 0 saturated heterocycles. The molecule has 3 aromatic rings. The molecular weight excluding hydrogens is 410 g/mol. The van der Waals surface area contributed by atoms with Gasteiger partial charge in [0.05, 0.1) is 23.9 Å². The Morgan fingerprint density at radius 3 is 3.03 bits per heavy atom. The van der Waals surface area contributed by atoms with Gasteiger partial charge in [-0.1, -0.05) is 6.92 Å². The first kappa shape index (κ1) is 19.8. The third kappa shape index (κ3) is 3.84. The van der Waals surface area contributed by atoms with Crippen molar-refractivity contribution in [3.63, 3.8) is 0 Å². The molecular formula is C20H21N3O4S2. The zero-order valence-corrected chi connectivity index (χ0v) is 17.8. The lowest BCUT2D eigenvalue weighted by atomic mass is 9.88. The molecule has 0 fully saturated rings. The molecule has 0 aromatic carbocycles. The summed E-state index contributed by atoms with van der Waals surface area (Å²) in [4.78, 5) is 43.7. The monoisotopic (exact) mass is 431 g/mol. The molecule has 0 spiro atoms. The number of fused-ring (bicyclic) bond motifs is 2. The van der Waals surface area contributed by atoms with Gasteiger partial charge in [-0.2, -0.15) is 0 Å². The number of thiophene rings is 2. The van der Waals surface area contributed by atoms with E-state index in [9.17, 15) is 14.4 Å². The number of amides is 1. The van der Waals surface area contributed by atoms with Crippen LogP contribution in [0.15, 0.2) is 22.6 Å². The molecule has 7 nitrogen and oxygen atoms in total. The minimum Gasteiger partial charge on any atom is -0.462 e. The number of ether oxygens (including phenoxy) is 1. The Kier molecular flexibility index (Phi) is 5.51. The molecule has 0 unspecified atom stereocenters. The molecule has 3 aromatic heterocycles. The van der Waals surface area contributed by atoms with Crippen LogP contribution in [0.4, 0.5) is 5.00 Å². The number of rotatable bonds is 5. The van der Waals surface area contributed by atoms with Crippen LogP contribution in [0.1, 0.15) is 41.1 Å². The standard InChI is InChI=1S/C20H21N3O4S2/c1-3-27-20(26)16-12-5-4-11(2)8-14(12)29-18(16)22-15(24)9-23-10-21-17-13(19(23)25)6-7-28-17/h6-7,10-11H,3-5,8-9H2,1-2H3,(H,22,24)/t11-/m0/s1. The van der Waals surface area contributed by atoms with Gasteiger partial charge >= 0.3 is 5.97 Å². The fraction of sp³-hybridized carbons (Fsp3) is 0.400. The second-order valence-electron chi connectivity index (χ2n) is 7.14. The smallest absolute Gasteiger partial charge is 0.341 e. The largest absolute Gasteiger partial charge is 0.462 e. The predicted octanol–water partition coefficient (Wildman–Crippen LogP) is 3.46. The number of anilines is 1. The SMILES string of the molecule is CCOC(=O)c1c(NC(=O)Cn2cnc3sccc3c2=O)sc2c1CC[C@H](C)C2. The highest BCUT2D eigenvalue weighted by molar-refractivity contribution is 7.17. The van der Waals surface area contributed by atoms with Crippen LogP contribution >= 0.6 is 22.7 Å². The molecule has 0 bridgehead atoms. The lowest BCUT2D eigenvalue weighted by Crippen LogP contribution is -2.27. The van der Waals surface area contributed by atoms with Gasteiger partial charge in [-0.25, -0.2) is 9.78 Å². The molecule has 29 heavy (non-hydrogen) atoms. The number of carbonyl (C=O) groups excluding carboxylic acids is 2. The van der Waals surface area contributed by atoms with Gasteiger partial charge in [-0.15, -0.1) is 22.7 Å². The number of aromatic nitrogens is 2. The van der Waals surface area contributed by atoms with E-state index in [4.69, 9.17) is 4.74 Å². The van der Waals surface area contributed by atoms with E-state index in [1.54, 1.807) is 18.4 Å². The Morgan fingerprint density at radius 1 is 1.41 bits per heavy atom. The Labute approximate surface area is 175 Å². The summed E-state index contributed by atoms with van der Waals surface area (Å²) < 4.78 is 6.51. The maximum absolute atomic E-state index is 12.7. The second kappa shape index (κ2) is 8.08. The minimum atomic E-state index is -0.409. The van der Waals surface area contributed by atoms with Crippen molar-refractivity contribution in [1.29, 1.82) is 0 Å². The molecule has 1 N–H and O–H groups in total. The number of nitrogens with one attached hydrogen (secondary N) is 1. The van der Waals surface area contributed by atoms with Crippen molar-refractivity contribution in [2.45, 2.75) is 39.7 Å². The zero-order valence-electron chi connectivity index (χ0n) is 16.2. The van der Waals surface area contributed by atoms with E-state index >= 15 is 0 Å². The fourth-order valence-electron chi connectivity index (χ4n) is 3.58. The van der Waals surface area contributed by atoms with E-state index in [0.29, 0.717) is 26.7 Å². The molecule has 1 aliphatic rings. The first-order chi connectivity index (χ1) is 14.0. The third-order valence-electron chi connectivity index (χ3n) is 5.01. The van der Waals surface area contributed by atoms with Crippen LogP contribution in [0.25, 0.3) is 10.2 Å². The molecule has 1 atom stereocenters.